The third-order valence-corrected chi connectivity index (χ3v) is 3.71. The van der Waals surface area contributed by atoms with E-state index in [1.54, 1.807) is 12.1 Å². The van der Waals surface area contributed by atoms with Crippen LogP contribution in [0.15, 0.2) is 24.3 Å². The normalized spacial score (nSPS) is 19.9. The molecule has 0 spiro atoms. The molecule has 1 aliphatic rings. The molecule has 17 heavy (non-hydrogen) atoms. The molecule has 1 N–H and O–H groups in total. The van der Waals surface area contributed by atoms with Crippen molar-refractivity contribution in [2.45, 2.75) is 57.5 Å². The van der Waals surface area contributed by atoms with Crippen LogP contribution in [0.5, 0.6) is 0 Å². The summed E-state index contributed by atoms with van der Waals surface area (Å²) in [5, 5.41) is 3.67. The van der Waals surface area contributed by atoms with Crippen LogP contribution in [-0.4, -0.2) is 6.04 Å². The van der Waals surface area contributed by atoms with E-state index in [4.69, 9.17) is 0 Å². The highest BCUT2D eigenvalue weighted by Crippen LogP contribution is 2.21. The molecule has 1 atom stereocenters. The maximum Gasteiger partial charge on any atom is 0.123 e. The average molecular weight is 235 g/mol. The highest BCUT2D eigenvalue weighted by atomic mass is 19.1. The molecule has 1 aromatic rings. The molecular formula is C15H22FN. The molecule has 0 aromatic heterocycles. The van der Waals surface area contributed by atoms with Crippen molar-refractivity contribution < 1.29 is 4.39 Å². The SMILES string of the molecule is C[C@H](NC1CCCCCC1)c1ccc(F)cc1. The van der Waals surface area contributed by atoms with Gasteiger partial charge >= 0.3 is 0 Å². The molecule has 1 aliphatic carbocycles. The molecule has 0 heterocycles. The maximum absolute atomic E-state index is 12.8. The van der Waals surface area contributed by atoms with Crippen molar-refractivity contribution in [3.63, 3.8) is 0 Å². The smallest absolute Gasteiger partial charge is 0.123 e. The lowest BCUT2D eigenvalue weighted by atomic mass is 10.0. The fraction of sp³-hybridized carbons (Fsp3) is 0.600. The summed E-state index contributed by atoms with van der Waals surface area (Å²) in [6.45, 7) is 2.16. The van der Waals surface area contributed by atoms with Gasteiger partial charge in [0.25, 0.3) is 0 Å². The van der Waals surface area contributed by atoms with Gasteiger partial charge in [0.05, 0.1) is 0 Å². The summed E-state index contributed by atoms with van der Waals surface area (Å²) in [5.41, 5.74) is 1.18. The molecule has 0 amide bonds. The monoisotopic (exact) mass is 235 g/mol. The fourth-order valence-electron chi connectivity index (χ4n) is 2.65. The molecule has 2 heteroatoms. The molecule has 94 valence electrons. The van der Waals surface area contributed by atoms with E-state index in [9.17, 15) is 4.39 Å². The van der Waals surface area contributed by atoms with Gasteiger partial charge in [0, 0.05) is 12.1 Å². The summed E-state index contributed by atoms with van der Waals surface area (Å²) in [7, 11) is 0. The quantitative estimate of drug-likeness (QED) is 0.774. The zero-order chi connectivity index (χ0) is 12.1. The van der Waals surface area contributed by atoms with Gasteiger partial charge in [-0.15, -0.1) is 0 Å². The van der Waals surface area contributed by atoms with Gasteiger partial charge in [0.2, 0.25) is 0 Å². The summed E-state index contributed by atoms with van der Waals surface area (Å²) in [6.07, 6.45) is 8.00. The van der Waals surface area contributed by atoms with Gasteiger partial charge in [-0.05, 0) is 37.5 Å². The zero-order valence-electron chi connectivity index (χ0n) is 10.6. The van der Waals surface area contributed by atoms with E-state index in [1.165, 1.54) is 44.1 Å². The Morgan fingerprint density at radius 3 is 2.24 bits per heavy atom. The maximum atomic E-state index is 12.8. The summed E-state index contributed by atoms with van der Waals surface area (Å²) in [4.78, 5) is 0. The second-order valence-electron chi connectivity index (χ2n) is 5.13. The van der Waals surface area contributed by atoms with Crippen molar-refractivity contribution in [3.8, 4) is 0 Å². The van der Waals surface area contributed by atoms with Gasteiger partial charge in [0.1, 0.15) is 5.82 Å². The Balaban J connectivity index is 1.91. The van der Waals surface area contributed by atoms with Crippen LogP contribution in [0, 0.1) is 5.82 Å². The number of benzene rings is 1. The van der Waals surface area contributed by atoms with Crippen LogP contribution in [0.4, 0.5) is 4.39 Å². The zero-order valence-corrected chi connectivity index (χ0v) is 10.6. The Labute approximate surface area is 103 Å². The van der Waals surface area contributed by atoms with Crippen LogP contribution < -0.4 is 5.32 Å². The average Bonchev–Trinajstić information content (AvgIpc) is 2.58. The van der Waals surface area contributed by atoms with Gasteiger partial charge in [-0.25, -0.2) is 4.39 Å². The van der Waals surface area contributed by atoms with Crippen LogP contribution in [0.3, 0.4) is 0 Å². The molecule has 1 nitrogen and oxygen atoms in total. The first-order valence-corrected chi connectivity index (χ1v) is 6.77. The molecule has 0 saturated heterocycles. The largest absolute Gasteiger partial charge is 0.307 e. The van der Waals surface area contributed by atoms with Crippen molar-refractivity contribution in [2.75, 3.05) is 0 Å². The number of halogens is 1. The van der Waals surface area contributed by atoms with Crippen LogP contribution in [-0.2, 0) is 0 Å². The first-order chi connectivity index (χ1) is 8.25. The fourth-order valence-corrected chi connectivity index (χ4v) is 2.65. The molecular weight excluding hydrogens is 213 g/mol. The number of hydrogen-bond acceptors (Lipinski definition) is 1. The van der Waals surface area contributed by atoms with E-state index in [0.717, 1.165) is 0 Å². The lowest BCUT2D eigenvalue weighted by Crippen LogP contribution is -2.31. The summed E-state index contributed by atoms with van der Waals surface area (Å²) < 4.78 is 12.8. The summed E-state index contributed by atoms with van der Waals surface area (Å²) in [5.74, 6) is -0.157. The van der Waals surface area contributed by atoms with Crippen LogP contribution in [0.25, 0.3) is 0 Å². The number of hydrogen-bond donors (Lipinski definition) is 1. The topological polar surface area (TPSA) is 12.0 Å². The first kappa shape index (κ1) is 12.6. The van der Waals surface area contributed by atoms with Crippen LogP contribution in [0.1, 0.15) is 57.1 Å². The van der Waals surface area contributed by atoms with E-state index in [2.05, 4.69) is 12.2 Å². The summed E-state index contributed by atoms with van der Waals surface area (Å²) in [6, 6.07) is 7.80. The van der Waals surface area contributed by atoms with Crippen molar-refractivity contribution >= 4 is 0 Å². The van der Waals surface area contributed by atoms with E-state index in [-0.39, 0.29) is 5.82 Å². The predicted octanol–water partition coefficient (Wildman–Crippen LogP) is 4.20. The molecule has 1 fully saturated rings. The Bertz CT molecular complexity index is 325. The van der Waals surface area contributed by atoms with Crippen molar-refractivity contribution in [1.82, 2.24) is 5.32 Å². The van der Waals surface area contributed by atoms with Crippen LogP contribution >= 0.6 is 0 Å². The Morgan fingerprint density at radius 2 is 1.65 bits per heavy atom. The number of nitrogens with one attached hydrogen (secondary N) is 1. The minimum Gasteiger partial charge on any atom is -0.307 e. The van der Waals surface area contributed by atoms with Gasteiger partial charge < -0.3 is 5.32 Å². The van der Waals surface area contributed by atoms with Gasteiger partial charge in [0.15, 0.2) is 0 Å². The van der Waals surface area contributed by atoms with E-state index in [1.807, 2.05) is 12.1 Å². The molecule has 0 bridgehead atoms. The van der Waals surface area contributed by atoms with Crippen molar-refractivity contribution in [2.24, 2.45) is 0 Å². The predicted molar refractivity (Wildman–Crippen MR) is 69.4 cm³/mol. The second-order valence-corrected chi connectivity index (χ2v) is 5.13. The highest BCUT2D eigenvalue weighted by Gasteiger charge is 2.15. The van der Waals surface area contributed by atoms with Crippen molar-refractivity contribution in [1.29, 1.82) is 0 Å². The summed E-state index contributed by atoms with van der Waals surface area (Å²) >= 11 is 0. The Kier molecular flexibility index (Phi) is 4.55. The third-order valence-electron chi connectivity index (χ3n) is 3.71. The van der Waals surface area contributed by atoms with E-state index >= 15 is 0 Å². The third kappa shape index (κ3) is 3.81. The molecule has 1 aromatic carbocycles. The van der Waals surface area contributed by atoms with Gasteiger partial charge in [-0.1, -0.05) is 37.8 Å². The van der Waals surface area contributed by atoms with Gasteiger partial charge in [-0.3, -0.25) is 0 Å². The van der Waals surface area contributed by atoms with Gasteiger partial charge in [-0.2, -0.15) is 0 Å². The standard InChI is InChI=1S/C15H22FN/c1-12(13-8-10-14(16)11-9-13)17-15-6-4-2-3-5-7-15/h8-12,15,17H,2-7H2,1H3/t12-/m0/s1. The second kappa shape index (κ2) is 6.15. The van der Waals surface area contributed by atoms with Crippen LogP contribution in [0.2, 0.25) is 0 Å². The first-order valence-electron chi connectivity index (χ1n) is 6.77. The number of rotatable bonds is 3. The minimum atomic E-state index is -0.157. The lowest BCUT2D eigenvalue weighted by molar-refractivity contribution is 0.414. The molecule has 2 rings (SSSR count). The molecule has 1 saturated carbocycles. The molecule has 0 unspecified atom stereocenters. The highest BCUT2D eigenvalue weighted by molar-refractivity contribution is 5.19. The van der Waals surface area contributed by atoms with Crippen molar-refractivity contribution in [3.05, 3.63) is 35.6 Å². The van der Waals surface area contributed by atoms with E-state index < -0.39 is 0 Å². The van der Waals surface area contributed by atoms with E-state index in [0.29, 0.717) is 12.1 Å². The minimum absolute atomic E-state index is 0.157. The Hall–Kier alpha value is -0.890. The molecule has 0 aliphatic heterocycles. The lowest BCUT2D eigenvalue weighted by Gasteiger charge is -2.22. The molecule has 0 radical (unpaired) electrons. The Morgan fingerprint density at radius 1 is 1.06 bits per heavy atom.